The lowest BCUT2D eigenvalue weighted by molar-refractivity contribution is 0.668. The summed E-state index contributed by atoms with van der Waals surface area (Å²) in [4.78, 5) is 16.1. The van der Waals surface area contributed by atoms with Crippen molar-refractivity contribution in [2.24, 2.45) is 0 Å². The summed E-state index contributed by atoms with van der Waals surface area (Å²) >= 11 is 0. The molecule has 1 aliphatic carbocycles. The van der Waals surface area contributed by atoms with E-state index < -0.39 is 0 Å². The first-order chi connectivity index (χ1) is 30.7. The van der Waals surface area contributed by atoms with E-state index >= 15 is 0 Å². The van der Waals surface area contributed by atoms with E-state index in [1.165, 1.54) is 38.4 Å². The third-order valence-corrected chi connectivity index (χ3v) is 12.8. The first-order valence-corrected chi connectivity index (χ1v) is 20.9. The first kappa shape index (κ1) is 33.4. The molecule has 0 aliphatic heterocycles. The number of nitrogens with zero attached hydrogens (tertiary/aromatic N) is 3. The van der Waals surface area contributed by atoms with Crippen molar-refractivity contribution in [2.75, 3.05) is 0 Å². The molecule has 62 heavy (non-hydrogen) atoms. The molecule has 3 aromatic heterocycles. The third kappa shape index (κ3) is 4.70. The molecule has 0 spiro atoms. The molecule has 14 rings (SSSR count). The number of rotatable bonds is 4. The van der Waals surface area contributed by atoms with Crippen molar-refractivity contribution in [2.45, 2.75) is 0 Å². The monoisotopic (exact) mass is 789 g/mol. The van der Waals surface area contributed by atoms with Crippen molar-refractivity contribution in [3.05, 3.63) is 188 Å². The van der Waals surface area contributed by atoms with E-state index in [0.717, 1.165) is 87.9 Å². The zero-order valence-electron chi connectivity index (χ0n) is 33.1. The second-order valence-corrected chi connectivity index (χ2v) is 16.2. The van der Waals surface area contributed by atoms with Gasteiger partial charge in [0, 0.05) is 43.6 Å². The highest BCUT2D eigenvalue weighted by molar-refractivity contribution is 6.33. The van der Waals surface area contributed by atoms with Gasteiger partial charge in [-0.15, -0.1) is 0 Å². The van der Waals surface area contributed by atoms with Gasteiger partial charge >= 0.3 is 0 Å². The topological polar surface area (TPSA) is 65.0 Å². The minimum atomic E-state index is 0.570. The summed E-state index contributed by atoms with van der Waals surface area (Å²) < 4.78 is 13.2. The Labute approximate surface area is 354 Å². The SMILES string of the molecule is c1ccc(-c2ccc3oc4cccc(-c5nc(-c6ccccc6)nc(-c6ccc7oc8cccc9cc%10c%11c(cccc%11c6c7c98)-c6c-%10ccc7ccccc67)n5)c4c3c2)cc1. The number of fused-ring (bicyclic) bond motifs is 9. The number of furan rings is 2. The summed E-state index contributed by atoms with van der Waals surface area (Å²) in [6.45, 7) is 0. The molecule has 0 unspecified atom stereocenters. The minimum absolute atomic E-state index is 0.570. The predicted molar refractivity (Wildman–Crippen MR) is 253 cm³/mol. The van der Waals surface area contributed by atoms with Crippen molar-refractivity contribution in [1.29, 1.82) is 0 Å². The van der Waals surface area contributed by atoms with Crippen LogP contribution in [0.2, 0.25) is 0 Å². The van der Waals surface area contributed by atoms with Crippen molar-refractivity contribution < 1.29 is 8.83 Å². The normalized spacial score (nSPS) is 12.2. The van der Waals surface area contributed by atoms with Crippen LogP contribution >= 0.6 is 0 Å². The van der Waals surface area contributed by atoms with Crippen LogP contribution in [0, 0.1) is 0 Å². The van der Waals surface area contributed by atoms with E-state index in [1.807, 2.05) is 36.4 Å². The maximum absolute atomic E-state index is 6.70. The van der Waals surface area contributed by atoms with E-state index in [1.54, 1.807) is 0 Å². The zero-order valence-corrected chi connectivity index (χ0v) is 33.1. The highest BCUT2D eigenvalue weighted by atomic mass is 16.3. The molecule has 0 saturated heterocycles. The largest absolute Gasteiger partial charge is 0.456 e. The summed E-state index contributed by atoms with van der Waals surface area (Å²) in [7, 11) is 0. The van der Waals surface area contributed by atoms with Gasteiger partial charge in [-0.2, -0.15) is 0 Å². The molecule has 13 aromatic rings. The fourth-order valence-corrected chi connectivity index (χ4v) is 10.2. The molecule has 0 amide bonds. The molecule has 3 heterocycles. The number of aromatic nitrogens is 3. The van der Waals surface area contributed by atoms with Crippen LogP contribution in [-0.4, -0.2) is 15.0 Å². The fourth-order valence-electron chi connectivity index (χ4n) is 10.2. The summed E-state index contributed by atoms with van der Waals surface area (Å²) in [5.74, 6) is 1.74. The van der Waals surface area contributed by atoms with Crippen LogP contribution in [0.1, 0.15) is 0 Å². The molecular weight excluding hydrogens is 759 g/mol. The van der Waals surface area contributed by atoms with Crippen LogP contribution in [0.25, 0.3) is 144 Å². The number of benzene rings is 9. The zero-order chi connectivity index (χ0) is 40.5. The van der Waals surface area contributed by atoms with Gasteiger partial charge in [0.2, 0.25) is 0 Å². The van der Waals surface area contributed by atoms with Crippen molar-refractivity contribution in [3.63, 3.8) is 0 Å². The average Bonchev–Trinajstić information content (AvgIpc) is 4.01. The molecule has 0 atom stereocenters. The quantitative estimate of drug-likeness (QED) is 0.178. The molecule has 5 heteroatoms. The van der Waals surface area contributed by atoms with Gasteiger partial charge < -0.3 is 8.83 Å². The van der Waals surface area contributed by atoms with Gasteiger partial charge in [-0.25, -0.2) is 15.0 Å². The highest BCUT2D eigenvalue weighted by Crippen LogP contribution is 2.53. The summed E-state index contributed by atoms with van der Waals surface area (Å²) in [6, 6.07) is 66.1. The van der Waals surface area contributed by atoms with Crippen LogP contribution in [0.4, 0.5) is 0 Å². The number of hydrogen-bond acceptors (Lipinski definition) is 5. The van der Waals surface area contributed by atoms with E-state index in [-0.39, 0.29) is 0 Å². The van der Waals surface area contributed by atoms with Crippen molar-refractivity contribution in [1.82, 2.24) is 15.0 Å². The van der Waals surface area contributed by atoms with Crippen LogP contribution in [0.15, 0.2) is 197 Å². The highest BCUT2D eigenvalue weighted by Gasteiger charge is 2.27. The van der Waals surface area contributed by atoms with Gasteiger partial charge in [-0.05, 0) is 103 Å². The lowest BCUT2D eigenvalue weighted by atomic mass is 9.93. The smallest absolute Gasteiger partial charge is 0.164 e. The van der Waals surface area contributed by atoms with Crippen molar-refractivity contribution in [3.8, 4) is 67.5 Å². The first-order valence-electron chi connectivity index (χ1n) is 20.9. The Kier molecular flexibility index (Phi) is 6.77. The van der Waals surface area contributed by atoms with Gasteiger partial charge in [0.25, 0.3) is 0 Å². The Morgan fingerprint density at radius 2 is 0.887 bits per heavy atom. The summed E-state index contributed by atoms with van der Waals surface area (Å²) in [5, 5.41) is 11.1. The maximum Gasteiger partial charge on any atom is 0.164 e. The Balaban J connectivity index is 1.11. The molecule has 0 saturated carbocycles. The molecule has 10 aromatic carbocycles. The standard InChI is InChI=1S/C57H31N3O2/c1-3-12-32(13-4-1)35-25-28-45-44(30-35)52-41(21-11-23-47(52)61-45)56-58-55(34-15-5-2-6-16-34)59-57(60-56)42-27-29-48-54-49-36(17-9-22-46(49)62-48)31-43-38-26-24-33-14-7-8-18-37(33)50(38)39-19-10-20-40(51(39)43)53(42)54/h1-31H. The summed E-state index contributed by atoms with van der Waals surface area (Å²) in [6.07, 6.45) is 0. The Morgan fingerprint density at radius 1 is 0.274 bits per heavy atom. The molecular formula is C57H31N3O2. The van der Waals surface area contributed by atoms with Gasteiger partial charge in [0.1, 0.15) is 22.3 Å². The summed E-state index contributed by atoms with van der Waals surface area (Å²) in [5.41, 5.74) is 13.1. The second kappa shape index (κ2) is 12.6. The molecule has 0 fully saturated rings. The Morgan fingerprint density at radius 3 is 1.74 bits per heavy atom. The van der Waals surface area contributed by atoms with Gasteiger partial charge in [0.15, 0.2) is 17.5 Å². The van der Waals surface area contributed by atoms with Crippen LogP contribution in [0.3, 0.4) is 0 Å². The van der Waals surface area contributed by atoms with E-state index in [9.17, 15) is 0 Å². The van der Waals surface area contributed by atoms with Gasteiger partial charge in [-0.3, -0.25) is 0 Å². The van der Waals surface area contributed by atoms with Gasteiger partial charge in [-0.1, -0.05) is 146 Å². The van der Waals surface area contributed by atoms with Gasteiger partial charge in [0.05, 0.1) is 0 Å². The molecule has 286 valence electrons. The van der Waals surface area contributed by atoms with Crippen LogP contribution in [0.5, 0.6) is 0 Å². The average molecular weight is 790 g/mol. The molecule has 0 N–H and O–H groups in total. The number of hydrogen-bond donors (Lipinski definition) is 0. The lowest BCUT2D eigenvalue weighted by Crippen LogP contribution is -2.01. The molecule has 5 nitrogen and oxygen atoms in total. The van der Waals surface area contributed by atoms with Crippen LogP contribution < -0.4 is 0 Å². The molecule has 0 radical (unpaired) electrons. The van der Waals surface area contributed by atoms with E-state index in [4.69, 9.17) is 23.8 Å². The Bertz CT molecular complexity index is 4030. The third-order valence-electron chi connectivity index (χ3n) is 12.8. The second-order valence-electron chi connectivity index (χ2n) is 16.2. The van der Waals surface area contributed by atoms with Crippen LogP contribution in [-0.2, 0) is 0 Å². The van der Waals surface area contributed by atoms with E-state index in [0.29, 0.717) is 17.5 Å². The molecule has 0 bridgehead atoms. The Hall–Kier alpha value is -8.41. The fraction of sp³-hybridized carbons (Fsp3) is 0. The molecule has 1 aliphatic rings. The predicted octanol–water partition coefficient (Wildman–Crippen LogP) is 15.4. The maximum atomic E-state index is 6.70. The lowest BCUT2D eigenvalue weighted by Gasteiger charge is -2.13. The minimum Gasteiger partial charge on any atom is -0.456 e. The van der Waals surface area contributed by atoms with E-state index in [2.05, 4.69) is 152 Å². The van der Waals surface area contributed by atoms with Crippen molar-refractivity contribution >= 4 is 76.2 Å².